The summed E-state index contributed by atoms with van der Waals surface area (Å²) >= 11 is 0. The molecule has 1 aliphatic heterocycles. The summed E-state index contributed by atoms with van der Waals surface area (Å²) in [6.45, 7) is 2.30. The Balaban J connectivity index is 2.27. The molecule has 3 heteroatoms. The molecule has 1 aromatic carbocycles. The van der Waals surface area contributed by atoms with Crippen molar-refractivity contribution in [2.45, 2.75) is 18.3 Å². The van der Waals surface area contributed by atoms with Gasteiger partial charge in [-0.25, -0.2) is 0 Å². The van der Waals surface area contributed by atoms with Crippen molar-refractivity contribution in [1.82, 2.24) is 4.90 Å². The van der Waals surface area contributed by atoms with Crippen LogP contribution >= 0.6 is 0 Å². The molecule has 0 aliphatic carbocycles. The van der Waals surface area contributed by atoms with Crippen LogP contribution in [0.2, 0.25) is 0 Å². The van der Waals surface area contributed by atoms with Crippen molar-refractivity contribution in [3.05, 3.63) is 29.8 Å². The molecule has 3 nitrogen and oxygen atoms in total. The van der Waals surface area contributed by atoms with Gasteiger partial charge in [0.05, 0.1) is 13.7 Å². The van der Waals surface area contributed by atoms with E-state index in [1.54, 1.807) is 7.11 Å². The summed E-state index contributed by atoms with van der Waals surface area (Å²) in [5, 5.41) is 9.79. The van der Waals surface area contributed by atoms with Crippen LogP contribution in [0.3, 0.4) is 0 Å². The van der Waals surface area contributed by atoms with Gasteiger partial charge in [-0.3, -0.25) is 0 Å². The Labute approximate surface area is 103 Å². The first-order chi connectivity index (χ1) is 8.20. The minimum absolute atomic E-state index is 0.0823. The lowest BCUT2D eigenvalue weighted by molar-refractivity contribution is 0.114. The number of methoxy groups -OCH3 is 1. The summed E-state index contributed by atoms with van der Waals surface area (Å²) in [6.07, 6.45) is 2.01. The molecule has 0 bridgehead atoms. The third kappa shape index (κ3) is 2.45. The predicted molar refractivity (Wildman–Crippen MR) is 68.5 cm³/mol. The number of aliphatic hydroxyl groups is 1. The predicted octanol–water partition coefficient (Wildman–Crippen LogP) is 1.65. The van der Waals surface area contributed by atoms with Crippen molar-refractivity contribution in [2.24, 2.45) is 0 Å². The van der Waals surface area contributed by atoms with E-state index in [0.717, 1.165) is 31.7 Å². The van der Waals surface area contributed by atoms with Gasteiger partial charge in [-0.15, -0.1) is 0 Å². The molecule has 1 N–H and O–H groups in total. The largest absolute Gasteiger partial charge is 0.497 e. The number of aliphatic hydroxyl groups excluding tert-OH is 1. The van der Waals surface area contributed by atoms with Crippen LogP contribution in [0, 0.1) is 0 Å². The fraction of sp³-hybridized carbons (Fsp3) is 0.571. The second-order valence-corrected chi connectivity index (χ2v) is 4.97. The van der Waals surface area contributed by atoms with Gasteiger partial charge >= 0.3 is 0 Å². The molecule has 1 fully saturated rings. The number of nitrogens with zero attached hydrogens (tertiary/aromatic N) is 1. The van der Waals surface area contributed by atoms with E-state index in [9.17, 15) is 5.11 Å². The Morgan fingerprint density at radius 1 is 1.35 bits per heavy atom. The van der Waals surface area contributed by atoms with Crippen molar-refractivity contribution in [2.75, 3.05) is 33.9 Å². The first-order valence-electron chi connectivity index (χ1n) is 6.14. The summed E-state index contributed by atoms with van der Waals surface area (Å²) in [5.41, 5.74) is 1.12. The monoisotopic (exact) mass is 235 g/mol. The maximum Gasteiger partial charge on any atom is 0.119 e. The van der Waals surface area contributed by atoms with Crippen LogP contribution in [0.15, 0.2) is 24.3 Å². The SMILES string of the molecule is COc1cccc(C2(CO)CCN(C)CC2)c1. The zero-order chi connectivity index (χ0) is 12.3. The normalized spacial score (nSPS) is 20.2. The van der Waals surface area contributed by atoms with Crippen LogP contribution in [0.4, 0.5) is 0 Å². The van der Waals surface area contributed by atoms with Crippen molar-refractivity contribution in [1.29, 1.82) is 0 Å². The average Bonchev–Trinajstić information content (AvgIpc) is 2.40. The second-order valence-electron chi connectivity index (χ2n) is 4.97. The van der Waals surface area contributed by atoms with Gasteiger partial charge in [-0.05, 0) is 50.7 Å². The van der Waals surface area contributed by atoms with E-state index in [-0.39, 0.29) is 12.0 Å². The van der Waals surface area contributed by atoms with E-state index in [2.05, 4.69) is 24.1 Å². The van der Waals surface area contributed by atoms with Crippen LogP contribution in [0.5, 0.6) is 5.75 Å². The summed E-state index contributed by atoms with van der Waals surface area (Å²) in [4.78, 5) is 2.31. The van der Waals surface area contributed by atoms with Crippen molar-refractivity contribution < 1.29 is 9.84 Å². The Hall–Kier alpha value is -1.06. The summed E-state index contributed by atoms with van der Waals surface area (Å²) < 4.78 is 5.26. The minimum atomic E-state index is -0.0823. The van der Waals surface area contributed by atoms with E-state index in [1.807, 2.05) is 12.1 Å². The second kappa shape index (κ2) is 5.07. The molecule has 94 valence electrons. The van der Waals surface area contributed by atoms with Crippen LogP contribution in [0.1, 0.15) is 18.4 Å². The van der Waals surface area contributed by atoms with Gasteiger partial charge in [-0.1, -0.05) is 12.1 Å². The number of piperidine rings is 1. The molecule has 0 aromatic heterocycles. The molecule has 1 aromatic rings. The molecular formula is C14H21NO2. The highest BCUT2D eigenvalue weighted by Crippen LogP contribution is 2.36. The first kappa shape index (κ1) is 12.4. The molecular weight excluding hydrogens is 214 g/mol. The molecule has 2 rings (SSSR count). The van der Waals surface area contributed by atoms with Crippen molar-refractivity contribution in [3.8, 4) is 5.75 Å². The number of likely N-dealkylation sites (tertiary alicyclic amines) is 1. The molecule has 17 heavy (non-hydrogen) atoms. The standard InChI is InChI=1S/C14H21NO2/c1-15-8-6-14(11-16,7-9-15)12-4-3-5-13(10-12)17-2/h3-5,10,16H,6-9,11H2,1-2H3. The quantitative estimate of drug-likeness (QED) is 0.864. The summed E-state index contributed by atoms with van der Waals surface area (Å²) in [7, 11) is 3.81. The molecule has 0 spiro atoms. The number of benzene rings is 1. The summed E-state index contributed by atoms with van der Waals surface area (Å²) in [6, 6.07) is 8.11. The van der Waals surface area contributed by atoms with Gasteiger partial charge in [0, 0.05) is 5.41 Å². The van der Waals surface area contributed by atoms with Crippen molar-refractivity contribution in [3.63, 3.8) is 0 Å². The van der Waals surface area contributed by atoms with Gasteiger partial charge in [0.15, 0.2) is 0 Å². The molecule has 0 unspecified atom stereocenters. The smallest absolute Gasteiger partial charge is 0.119 e. The van der Waals surface area contributed by atoms with Gasteiger partial charge in [0.25, 0.3) is 0 Å². The lowest BCUT2D eigenvalue weighted by Gasteiger charge is -2.40. The van der Waals surface area contributed by atoms with Gasteiger partial charge in [-0.2, -0.15) is 0 Å². The third-order valence-corrected chi connectivity index (χ3v) is 3.93. The highest BCUT2D eigenvalue weighted by atomic mass is 16.5. The zero-order valence-corrected chi connectivity index (χ0v) is 10.6. The van der Waals surface area contributed by atoms with Gasteiger partial charge in [0.1, 0.15) is 5.75 Å². The zero-order valence-electron chi connectivity index (χ0n) is 10.6. The lowest BCUT2D eigenvalue weighted by atomic mass is 9.73. The van der Waals surface area contributed by atoms with E-state index in [1.165, 1.54) is 5.56 Å². The maximum absolute atomic E-state index is 9.79. The molecule has 0 atom stereocenters. The topological polar surface area (TPSA) is 32.7 Å². The number of rotatable bonds is 3. The van der Waals surface area contributed by atoms with Crippen LogP contribution in [-0.2, 0) is 5.41 Å². The van der Waals surface area contributed by atoms with E-state index >= 15 is 0 Å². The first-order valence-corrected chi connectivity index (χ1v) is 6.14. The lowest BCUT2D eigenvalue weighted by Crippen LogP contribution is -2.43. The van der Waals surface area contributed by atoms with E-state index < -0.39 is 0 Å². The third-order valence-electron chi connectivity index (χ3n) is 3.93. The number of ether oxygens (including phenoxy) is 1. The molecule has 0 radical (unpaired) electrons. The Morgan fingerprint density at radius 3 is 2.65 bits per heavy atom. The van der Waals surface area contributed by atoms with Crippen LogP contribution in [-0.4, -0.2) is 43.9 Å². The molecule has 1 heterocycles. The maximum atomic E-state index is 9.79. The fourth-order valence-electron chi connectivity index (χ4n) is 2.54. The van der Waals surface area contributed by atoms with Gasteiger partial charge < -0.3 is 14.7 Å². The minimum Gasteiger partial charge on any atom is -0.497 e. The van der Waals surface area contributed by atoms with E-state index in [4.69, 9.17) is 4.74 Å². The molecule has 0 saturated carbocycles. The van der Waals surface area contributed by atoms with Crippen LogP contribution < -0.4 is 4.74 Å². The number of hydrogen-bond donors (Lipinski definition) is 1. The molecule has 0 amide bonds. The average molecular weight is 235 g/mol. The Kier molecular flexibility index (Phi) is 3.69. The van der Waals surface area contributed by atoms with E-state index in [0.29, 0.717) is 0 Å². The highest BCUT2D eigenvalue weighted by molar-refractivity contribution is 5.34. The molecule has 1 aliphatic rings. The number of hydrogen-bond acceptors (Lipinski definition) is 3. The fourth-order valence-corrected chi connectivity index (χ4v) is 2.54. The van der Waals surface area contributed by atoms with Crippen LogP contribution in [0.25, 0.3) is 0 Å². The Morgan fingerprint density at radius 2 is 2.06 bits per heavy atom. The Bertz CT molecular complexity index is 370. The molecule has 1 saturated heterocycles. The van der Waals surface area contributed by atoms with Gasteiger partial charge in [0.2, 0.25) is 0 Å². The highest BCUT2D eigenvalue weighted by Gasteiger charge is 2.34. The van der Waals surface area contributed by atoms with Crippen molar-refractivity contribution >= 4 is 0 Å². The summed E-state index contributed by atoms with van der Waals surface area (Å²) in [5.74, 6) is 0.870.